The molecular weight excluding hydrogens is 197 g/mol. The summed E-state index contributed by atoms with van der Waals surface area (Å²) in [5, 5.41) is 19.0. The van der Waals surface area contributed by atoms with Gasteiger partial charge in [0.2, 0.25) is 6.79 Å². The van der Waals surface area contributed by atoms with E-state index in [0.717, 1.165) is 10.9 Å². The van der Waals surface area contributed by atoms with E-state index in [-0.39, 0.29) is 6.79 Å². The van der Waals surface area contributed by atoms with Crippen molar-refractivity contribution in [3.63, 3.8) is 0 Å². The minimum Gasteiger partial charge on any atom is -0.454 e. The summed E-state index contributed by atoms with van der Waals surface area (Å²) in [4.78, 5) is 2.94. The van der Waals surface area contributed by atoms with Crippen molar-refractivity contribution in [3.05, 3.63) is 18.3 Å². The van der Waals surface area contributed by atoms with Crippen LogP contribution in [0.1, 0.15) is 0 Å². The van der Waals surface area contributed by atoms with E-state index in [2.05, 4.69) is 4.98 Å². The minimum atomic E-state index is -1.49. The van der Waals surface area contributed by atoms with Crippen LogP contribution >= 0.6 is 0 Å². The highest BCUT2D eigenvalue weighted by molar-refractivity contribution is 6.62. The topological polar surface area (TPSA) is 74.7 Å². The number of aromatic amines is 1. The standard InChI is InChI=1S/C9H8BNO4/c12-10(13)6-3-11-7-2-9-8(1-5(6)7)14-4-15-9/h1-3,11-13H,4H2. The number of benzene rings is 1. The highest BCUT2D eigenvalue weighted by Crippen LogP contribution is 2.35. The molecule has 2 aromatic rings. The molecule has 0 spiro atoms. The Morgan fingerprint density at radius 2 is 1.93 bits per heavy atom. The molecule has 5 nitrogen and oxygen atoms in total. The number of hydrogen-bond acceptors (Lipinski definition) is 4. The van der Waals surface area contributed by atoms with Crippen LogP contribution in [0.4, 0.5) is 0 Å². The average Bonchev–Trinajstić information content (AvgIpc) is 2.77. The van der Waals surface area contributed by atoms with Crippen LogP contribution in [0.15, 0.2) is 18.3 Å². The van der Waals surface area contributed by atoms with Crippen LogP contribution in [0.5, 0.6) is 11.5 Å². The normalized spacial score (nSPS) is 13.5. The summed E-state index contributed by atoms with van der Waals surface area (Å²) in [6, 6.07) is 3.52. The lowest BCUT2D eigenvalue weighted by molar-refractivity contribution is 0.174. The molecule has 1 aliphatic rings. The van der Waals surface area contributed by atoms with Gasteiger partial charge < -0.3 is 24.5 Å². The molecule has 0 unspecified atom stereocenters. The number of fused-ring (bicyclic) bond motifs is 2. The minimum absolute atomic E-state index is 0.207. The van der Waals surface area contributed by atoms with Gasteiger partial charge in [0.1, 0.15) is 0 Å². The molecule has 0 radical (unpaired) electrons. The fraction of sp³-hybridized carbons (Fsp3) is 0.111. The highest BCUT2D eigenvalue weighted by Gasteiger charge is 2.20. The molecule has 0 aliphatic carbocycles. The van der Waals surface area contributed by atoms with Crippen LogP contribution in [0.3, 0.4) is 0 Å². The summed E-state index contributed by atoms with van der Waals surface area (Å²) < 4.78 is 10.4. The molecule has 2 heterocycles. The molecule has 15 heavy (non-hydrogen) atoms. The molecule has 76 valence electrons. The summed E-state index contributed by atoms with van der Waals surface area (Å²) >= 11 is 0. The number of rotatable bonds is 1. The smallest absolute Gasteiger partial charge is 0.454 e. The van der Waals surface area contributed by atoms with Gasteiger partial charge in [-0.05, 0) is 6.07 Å². The van der Waals surface area contributed by atoms with E-state index in [0.29, 0.717) is 17.0 Å². The maximum Gasteiger partial charge on any atom is 0.490 e. The summed E-state index contributed by atoms with van der Waals surface area (Å²) in [7, 11) is -1.49. The third-order valence-corrected chi connectivity index (χ3v) is 2.49. The van der Waals surface area contributed by atoms with E-state index < -0.39 is 7.12 Å². The predicted molar refractivity (Wildman–Crippen MR) is 54.2 cm³/mol. The lowest BCUT2D eigenvalue weighted by atomic mass is 9.80. The fourth-order valence-corrected chi connectivity index (χ4v) is 1.75. The molecule has 6 heteroatoms. The predicted octanol–water partition coefficient (Wildman–Crippen LogP) is -0.424. The molecule has 1 aromatic carbocycles. The van der Waals surface area contributed by atoms with Gasteiger partial charge in [0, 0.05) is 28.6 Å². The average molecular weight is 205 g/mol. The molecule has 1 aliphatic heterocycles. The molecule has 3 N–H and O–H groups in total. The van der Waals surface area contributed by atoms with E-state index in [4.69, 9.17) is 19.5 Å². The summed E-state index contributed by atoms with van der Waals surface area (Å²) in [6.07, 6.45) is 1.56. The second-order valence-corrected chi connectivity index (χ2v) is 3.37. The van der Waals surface area contributed by atoms with Crippen molar-refractivity contribution < 1.29 is 19.5 Å². The van der Waals surface area contributed by atoms with Gasteiger partial charge >= 0.3 is 7.12 Å². The Hall–Kier alpha value is -1.66. The second kappa shape index (κ2) is 2.92. The third kappa shape index (κ3) is 1.19. The molecular formula is C9H8BNO4. The van der Waals surface area contributed by atoms with Gasteiger partial charge in [0.25, 0.3) is 0 Å². The first-order chi connectivity index (χ1) is 7.25. The lowest BCUT2D eigenvalue weighted by Gasteiger charge is -1.98. The first kappa shape index (κ1) is 8.64. The van der Waals surface area contributed by atoms with E-state index in [1.165, 1.54) is 0 Å². The molecule has 0 fully saturated rings. The first-order valence-electron chi connectivity index (χ1n) is 4.52. The maximum absolute atomic E-state index is 9.12. The van der Waals surface area contributed by atoms with Gasteiger partial charge in [-0.1, -0.05) is 0 Å². The Balaban J connectivity index is 2.27. The molecule has 0 saturated carbocycles. The molecule has 3 rings (SSSR count). The Kier molecular flexibility index (Phi) is 1.68. The van der Waals surface area contributed by atoms with Crippen LogP contribution in [0.25, 0.3) is 10.9 Å². The quantitative estimate of drug-likeness (QED) is 0.552. The van der Waals surface area contributed by atoms with Gasteiger partial charge in [0.15, 0.2) is 11.5 Å². The van der Waals surface area contributed by atoms with Crippen molar-refractivity contribution >= 4 is 23.5 Å². The van der Waals surface area contributed by atoms with Gasteiger partial charge in [0.05, 0.1) is 0 Å². The number of nitrogens with one attached hydrogen (secondary N) is 1. The Bertz CT molecular complexity index is 522. The third-order valence-electron chi connectivity index (χ3n) is 2.49. The first-order valence-corrected chi connectivity index (χ1v) is 4.52. The zero-order chi connectivity index (χ0) is 10.4. The van der Waals surface area contributed by atoms with E-state index in [9.17, 15) is 0 Å². The van der Waals surface area contributed by atoms with Crippen molar-refractivity contribution in [3.8, 4) is 11.5 Å². The Morgan fingerprint density at radius 3 is 2.67 bits per heavy atom. The van der Waals surface area contributed by atoms with E-state index in [1.54, 1.807) is 18.3 Å². The van der Waals surface area contributed by atoms with Crippen LogP contribution in [0.2, 0.25) is 0 Å². The number of hydrogen-bond donors (Lipinski definition) is 3. The summed E-state index contributed by atoms with van der Waals surface area (Å²) in [5.41, 5.74) is 1.23. The lowest BCUT2D eigenvalue weighted by Crippen LogP contribution is -2.28. The van der Waals surface area contributed by atoms with Gasteiger partial charge in [-0.3, -0.25) is 0 Å². The van der Waals surface area contributed by atoms with Crippen LogP contribution in [0, 0.1) is 0 Å². The van der Waals surface area contributed by atoms with Crippen molar-refractivity contribution in [1.82, 2.24) is 4.98 Å². The summed E-state index contributed by atoms with van der Waals surface area (Å²) in [5.74, 6) is 1.30. The van der Waals surface area contributed by atoms with E-state index in [1.807, 2.05) is 0 Å². The summed E-state index contributed by atoms with van der Waals surface area (Å²) in [6.45, 7) is 0.207. The molecule has 0 amide bonds. The van der Waals surface area contributed by atoms with Crippen molar-refractivity contribution in [1.29, 1.82) is 0 Å². The number of H-pyrrole nitrogens is 1. The number of aromatic nitrogens is 1. The number of ether oxygens (including phenoxy) is 2. The monoisotopic (exact) mass is 205 g/mol. The van der Waals surface area contributed by atoms with Crippen molar-refractivity contribution in [2.24, 2.45) is 0 Å². The van der Waals surface area contributed by atoms with Crippen molar-refractivity contribution in [2.75, 3.05) is 6.79 Å². The molecule has 1 aromatic heterocycles. The van der Waals surface area contributed by atoms with Crippen LogP contribution in [-0.4, -0.2) is 28.9 Å². The zero-order valence-electron chi connectivity index (χ0n) is 7.73. The SMILES string of the molecule is OB(O)c1c[nH]c2cc3c(cc12)OCO3. The maximum atomic E-state index is 9.12. The largest absolute Gasteiger partial charge is 0.490 e. The second-order valence-electron chi connectivity index (χ2n) is 3.37. The van der Waals surface area contributed by atoms with E-state index >= 15 is 0 Å². The Labute approximate surface area is 85.4 Å². The van der Waals surface area contributed by atoms with Gasteiger partial charge in [-0.15, -0.1) is 0 Å². The Morgan fingerprint density at radius 1 is 1.20 bits per heavy atom. The molecule has 0 atom stereocenters. The zero-order valence-corrected chi connectivity index (χ0v) is 7.73. The van der Waals surface area contributed by atoms with Crippen molar-refractivity contribution in [2.45, 2.75) is 0 Å². The van der Waals surface area contributed by atoms with Gasteiger partial charge in [-0.25, -0.2) is 0 Å². The van der Waals surface area contributed by atoms with Crippen LogP contribution in [-0.2, 0) is 0 Å². The highest BCUT2D eigenvalue weighted by atomic mass is 16.7. The molecule has 0 bridgehead atoms. The fourth-order valence-electron chi connectivity index (χ4n) is 1.75. The van der Waals surface area contributed by atoms with Crippen LogP contribution < -0.4 is 14.9 Å². The van der Waals surface area contributed by atoms with Gasteiger partial charge in [-0.2, -0.15) is 0 Å². The molecule has 0 saturated heterocycles.